The monoisotopic (exact) mass is 331 g/mol. The zero-order chi connectivity index (χ0) is 15.6. The number of nitrogen functional groups attached to an aromatic ring is 1. The second kappa shape index (κ2) is 6.42. The first-order valence-corrected chi connectivity index (χ1v) is 9.38. The molecular formula is C14H22ClN3O2S. The molecule has 0 aromatic heterocycles. The molecule has 0 radical (unpaired) electrons. The van der Waals surface area contributed by atoms with Crippen molar-refractivity contribution >= 4 is 32.8 Å². The molecule has 5 nitrogen and oxygen atoms in total. The van der Waals surface area contributed by atoms with Crippen LogP contribution < -0.4 is 10.6 Å². The third-order valence-corrected chi connectivity index (χ3v) is 5.14. The van der Waals surface area contributed by atoms with Gasteiger partial charge in [-0.2, -0.15) is 0 Å². The van der Waals surface area contributed by atoms with Gasteiger partial charge in [0, 0.05) is 37.6 Å². The average molecular weight is 332 g/mol. The smallest absolute Gasteiger partial charge is 0.148 e. The maximum Gasteiger partial charge on any atom is 0.148 e. The van der Waals surface area contributed by atoms with Crippen LogP contribution in [0.1, 0.15) is 6.42 Å². The van der Waals surface area contributed by atoms with E-state index in [4.69, 9.17) is 17.3 Å². The van der Waals surface area contributed by atoms with E-state index in [0.717, 1.165) is 25.2 Å². The van der Waals surface area contributed by atoms with Gasteiger partial charge in [0.15, 0.2) is 0 Å². The van der Waals surface area contributed by atoms with Gasteiger partial charge in [-0.1, -0.05) is 11.6 Å². The minimum Gasteiger partial charge on any atom is -0.399 e. The molecular weight excluding hydrogens is 310 g/mol. The first kappa shape index (κ1) is 16.4. The van der Waals surface area contributed by atoms with E-state index in [2.05, 4.69) is 9.80 Å². The van der Waals surface area contributed by atoms with E-state index in [0.29, 0.717) is 23.3 Å². The Kier molecular flexibility index (Phi) is 5.01. The van der Waals surface area contributed by atoms with Gasteiger partial charge < -0.3 is 15.5 Å². The summed E-state index contributed by atoms with van der Waals surface area (Å²) in [5, 5.41) is 0.662. The van der Waals surface area contributed by atoms with Crippen LogP contribution in [0.15, 0.2) is 18.2 Å². The van der Waals surface area contributed by atoms with Gasteiger partial charge in [-0.15, -0.1) is 0 Å². The van der Waals surface area contributed by atoms with Crippen LogP contribution in [0.5, 0.6) is 0 Å². The summed E-state index contributed by atoms with van der Waals surface area (Å²) in [5.74, 6) is 0.197. The van der Waals surface area contributed by atoms with Crippen molar-refractivity contribution in [3.05, 3.63) is 23.2 Å². The second-order valence-electron chi connectivity index (χ2n) is 5.71. The molecule has 1 heterocycles. The SMILES string of the molecule is CN(CCS(C)(=O)=O)[C@@H]1CCN(c2ccc(N)cc2Cl)C1. The molecule has 1 saturated heterocycles. The molecule has 0 aliphatic carbocycles. The van der Waals surface area contributed by atoms with Crippen molar-refractivity contribution in [2.24, 2.45) is 0 Å². The Morgan fingerprint density at radius 3 is 2.81 bits per heavy atom. The van der Waals surface area contributed by atoms with E-state index >= 15 is 0 Å². The summed E-state index contributed by atoms with van der Waals surface area (Å²) in [6.07, 6.45) is 2.27. The molecule has 21 heavy (non-hydrogen) atoms. The normalized spacial score (nSPS) is 19.4. The fraction of sp³-hybridized carbons (Fsp3) is 0.571. The van der Waals surface area contributed by atoms with E-state index in [9.17, 15) is 8.42 Å². The number of anilines is 2. The van der Waals surface area contributed by atoms with E-state index in [-0.39, 0.29) is 5.75 Å². The highest BCUT2D eigenvalue weighted by atomic mass is 35.5. The van der Waals surface area contributed by atoms with E-state index < -0.39 is 9.84 Å². The number of nitrogens with two attached hydrogens (primary N) is 1. The highest BCUT2D eigenvalue weighted by molar-refractivity contribution is 7.90. The Hall–Kier alpha value is -0.980. The van der Waals surface area contributed by atoms with Gasteiger partial charge in [0.2, 0.25) is 0 Å². The van der Waals surface area contributed by atoms with Crippen molar-refractivity contribution in [1.82, 2.24) is 4.90 Å². The highest BCUT2D eigenvalue weighted by Crippen LogP contribution is 2.31. The van der Waals surface area contributed by atoms with E-state index in [1.807, 2.05) is 19.2 Å². The maximum absolute atomic E-state index is 11.2. The molecule has 0 saturated carbocycles. The van der Waals surface area contributed by atoms with Gasteiger partial charge in [0.05, 0.1) is 16.5 Å². The van der Waals surface area contributed by atoms with Gasteiger partial charge >= 0.3 is 0 Å². The van der Waals surface area contributed by atoms with E-state index in [1.165, 1.54) is 6.26 Å². The summed E-state index contributed by atoms with van der Waals surface area (Å²) in [7, 11) is -0.940. The molecule has 1 atom stereocenters. The summed E-state index contributed by atoms with van der Waals surface area (Å²) in [4.78, 5) is 4.34. The number of benzene rings is 1. The van der Waals surface area contributed by atoms with Gasteiger partial charge in [0.1, 0.15) is 9.84 Å². The van der Waals surface area contributed by atoms with Gasteiger partial charge in [0.25, 0.3) is 0 Å². The van der Waals surface area contributed by atoms with Crippen molar-refractivity contribution in [2.75, 3.05) is 49.3 Å². The molecule has 1 fully saturated rings. The van der Waals surface area contributed by atoms with Crippen LogP contribution in [0.25, 0.3) is 0 Å². The van der Waals surface area contributed by atoms with Crippen molar-refractivity contribution in [2.45, 2.75) is 12.5 Å². The van der Waals surface area contributed by atoms with Crippen LogP contribution in [0, 0.1) is 0 Å². The highest BCUT2D eigenvalue weighted by Gasteiger charge is 2.27. The molecule has 2 N–H and O–H groups in total. The van der Waals surface area contributed by atoms with Gasteiger partial charge in [-0.05, 0) is 31.7 Å². The van der Waals surface area contributed by atoms with Crippen molar-refractivity contribution in [3.8, 4) is 0 Å². The van der Waals surface area contributed by atoms with Crippen LogP contribution in [-0.4, -0.2) is 58.1 Å². The topological polar surface area (TPSA) is 66.6 Å². The van der Waals surface area contributed by atoms with Crippen LogP contribution in [-0.2, 0) is 9.84 Å². The molecule has 0 bridgehead atoms. The van der Waals surface area contributed by atoms with Crippen LogP contribution in [0.2, 0.25) is 5.02 Å². The third-order valence-electron chi connectivity index (χ3n) is 3.91. The first-order chi connectivity index (χ1) is 9.76. The quantitative estimate of drug-likeness (QED) is 0.828. The Morgan fingerprint density at radius 1 is 1.48 bits per heavy atom. The number of likely N-dealkylation sites (N-methyl/N-ethyl adjacent to an activating group) is 1. The lowest BCUT2D eigenvalue weighted by Gasteiger charge is -2.25. The minimum atomic E-state index is -2.92. The predicted octanol–water partition coefficient (Wildman–Crippen LogP) is 1.48. The molecule has 0 spiro atoms. The first-order valence-electron chi connectivity index (χ1n) is 6.94. The van der Waals surface area contributed by atoms with Crippen LogP contribution >= 0.6 is 11.6 Å². The zero-order valence-corrected chi connectivity index (χ0v) is 14.0. The summed E-state index contributed by atoms with van der Waals surface area (Å²) >= 11 is 6.24. The number of rotatable bonds is 5. The zero-order valence-electron chi connectivity index (χ0n) is 12.4. The molecule has 1 aromatic rings. The lowest BCUT2D eigenvalue weighted by molar-refractivity contribution is 0.273. The summed E-state index contributed by atoms with van der Waals surface area (Å²) in [5.41, 5.74) is 7.36. The molecule has 1 aliphatic heterocycles. The van der Waals surface area contributed by atoms with E-state index in [1.54, 1.807) is 6.07 Å². The van der Waals surface area contributed by atoms with Crippen LogP contribution in [0.4, 0.5) is 11.4 Å². The van der Waals surface area contributed by atoms with Crippen LogP contribution in [0.3, 0.4) is 0 Å². The fourth-order valence-electron chi connectivity index (χ4n) is 2.59. The second-order valence-corrected chi connectivity index (χ2v) is 8.38. The number of hydrogen-bond donors (Lipinski definition) is 1. The van der Waals surface area contributed by atoms with Crippen molar-refractivity contribution in [1.29, 1.82) is 0 Å². The molecule has 7 heteroatoms. The van der Waals surface area contributed by atoms with Gasteiger partial charge in [-0.25, -0.2) is 8.42 Å². The molecule has 1 aliphatic rings. The van der Waals surface area contributed by atoms with Gasteiger partial charge in [-0.3, -0.25) is 0 Å². The standard InChI is InChI=1S/C14H22ClN3O2S/c1-17(7-8-21(2,19)20)12-5-6-18(10-12)14-4-3-11(16)9-13(14)15/h3-4,9,12H,5-8,10,16H2,1-2H3/t12-/m1/s1. The Labute approximate surface area is 131 Å². The maximum atomic E-state index is 11.2. The summed E-state index contributed by atoms with van der Waals surface area (Å²) < 4.78 is 22.5. The lowest BCUT2D eigenvalue weighted by atomic mass is 10.2. The number of nitrogens with zero attached hydrogens (tertiary/aromatic N) is 2. The Bertz CT molecular complexity index is 606. The summed E-state index contributed by atoms with van der Waals surface area (Å²) in [6, 6.07) is 5.90. The molecule has 1 aromatic carbocycles. The average Bonchev–Trinajstić information content (AvgIpc) is 2.84. The van der Waals surface area contributed by atoms with Crippen molar-refractivity contribution < 1.29 is 8.42 Å². The molecule has 0 unspecified atom stereocenters. The molecule has 0 amide bonds. The Balaban J connectivity index is 1.97. The third kappa shape index (κ3) is 4.49. The molecule has 2 rings (SSSR count). The largest absolute Gasteiger partial charge is 0.399 e. The number of sulfone groups is 1. The predicted molar refractivity (Wildman–Crippen MR) is 88.8 cm³/mol. The number of halogens is 1. The summed E-state index contributed by atoms with van der Waals surface area (Å²) in [6.45, 7) is 2.33. The Morgan fingerprint density at radius 2 is 2.19 bits per heavy atom. The number of hydrogen-bond acceptors (Lipinski definition) is 5. The fourth-order valence-corrected chi connectivity index (χ4v) is 3.52. The minimum absolute atomic E-state index is 0.197. The lowest BCUT2D eigenvalue weighted by Crippen LogP contribution is -2.37. The molecule has 118 valence electrons. The van der Waals surface area contributed by atoms with Crippen molar-refractivity contribution in [3.63, 3.8) is 0 Å².